The molecule has 0 unspecified atom stereocenters. The zero-order valence-electron chi connectivity index (χ0n) is 37.0. The summed E-state index contributed by atoms with van der Waals surface area (Å²) in [4.78, 5) is 13.8. The molecule has 0 saturated heterocycles. The molecule has 4 heteroatoms. The van der Waals surface area contributed by atoms with E-state index < -0.39 is 118 Å². The third-order valence-electron chi connectivity index (χ3n) is 6.61. The van der Waals surface area contributed by atoms with E-state index in [9.17, 15) is 4.11 Å². The minimum Gasteiger partial charge on any atom is -0.455 e. The lowest BCUT2D eigenvalue weighted by atomic mass is 9.97. The first-order valence-electron chi connectivity index (χ1n) is 20.6. The Bertz CT molecular complexity index is 2980. The van der Waals surface area contributed by atoms with E-state index in [1.807, 2.05) is 12.1 Å². The molecule has 0 aliphatic heterocycles. The van der Waals surface area contributed by atoms with Gasteiger partial charge in [-0.05, 0) is 34.8 Å². The van der Waals surface area contributed by atoms with Gasteiger partial charge in [0.05, 0.1) is 20.6 Å². The van der Waals surface area contributed by atoms with E-state index in [1.165, 1.54) is 0 Å². The number of hydrogen-bond donors (Lipinski definition) is 0. The molecule has 0 spiro atoms. The summed E-state index contributed by atoms with van der Waals surface area (Å²) in [6, 6.07) is 6.98. The summed E-state index contributed by atoms with van der Waals surface area (Å²) in [5, 5.41) is -0.569. The van der Waals surface area contributed by atoms with Crippen molar-refractivity contribution in [3.63, 3.8) is 0 Å². The van der Waals surface area contributed by atoms with Crippen molar-refractivity contribution >= 4 is 21.9 Å². The van der Waals surface area contributed by atoms with Crippen molar-refractivity contribution in [3.05, 3.63) is 151 Å². The van der Waals surface area contributed by atoms with Crippen LogP contribution in [0.5, 0.6) is 0 Å². The molecule has 0 aliphatic carbocycles. The van der Waals surface area contributed by atoms with Crippen LogP contribution in [0.15, 0.2) is 156 Å². The van der Waals surface area contributed by atoms with E-state index >= 15 is 0 Å². The number of benzene rings is 6. The Hall–Kier alpha value is -5.87. The second-order valence-electron chi connectivity index (χ2n) is 9.30. The van der Waals surface area contributed by atoms with Gasteiger partial charge in [0.15, 0.2) is 17.5 Å². The van der Waals surface area contributed by atoms with Crippen LogP contribution >= 0.6 is 0 Å². The van der Waals surface area contributed by atoms with Crippen LogP contribution < -0.4 is 0 Å². The Morgan fingerprint density at radius 1 is 0.442 bits per heavy atom. The largest absolute Gasteiger partial charge is 0.455 e. The lowest BCUT2D eigenvalue weighted by molar-refractivity contribution is 0.670. The SMILES string of the molecule is [2H]c1c([2H])c([2H])c(-c2c([2H])c([2H])c([2H])c(-c3c([2H])c([2H])c([2H])c4c3oc3c([2H])c(-c5nc(-c6ccccc6)nc(-c6ccccc6)n5)c([2H])c([2H])c34)c2[2H])c([2H])c1[2H]. The summed E-state index contributed by atoms with van der Waals surface area (Å²) < 4.78 is 137. The summed E-state index contributed by atoms with van der Waals surface area (Å²) >= 11 is 0. The Morgan fingerprint density at radius 2 is 1.05 bits per heavy atom. The number of rotatable bonds is 5. The van der Waals surface area contributed by atoms with Gasteiger partial charge in [0.2, 0.25) is 0 Å². The quantitative estimate of drug-likeness (QED) is 0.208. The lowest BCUT2D eigenvalue weighted by Crippen LogP contribution is -2.00. The van der Waals surface area contributed by atoms with E-state index in [2.05, 4.69) is 15.0 Å². The topological polar surface area (TPSA) is 51.8 Å². The van der Waals surface area contributed by atoms with Crippen LogP contribution in [-0.2, 0) is 0 Å². The maximum Gasteiger partial charge on any atom is 0.164 e. The van der Waals surface area contributed by atoms with E-state index in [-0.39, 0.29) is 39.4 Å². The Labute approximate surface area is 270 Å². The van der Waals surface area contributed by atoms with Gasteiger partial charge in [-0.2, -0.15) is 0 Å². The average Bonchev–Trinajstić information content (AvgIpc) is 3.64. The van der Waals surface area contributed by atoms with Gasteiger partial charge in [-0.15, -0.1) is 0 Å². The highest BCUT2D eigenvalue weighted by atomic mass is 16.3. The highest BCUT2D eigenvalue weighted by Gasteiger charge is 2.16. The standard InChI is InChI=1S/C39H25N3O/c1-4-12-26(13-5-1)29-18-10-19-30(24-29)32-20-11-21-34-33-23-22-31(25-35(33)43-36(32)34)39-41-37(27-14-6-2-7-15-27)40-38(42-39)28-16-8-3-9-17-28/h1-25H/i1D,4D,5D,10D,11D,12D,13D,18D,19D,20D,21D,22D,23D,24D,25D. The molecule has 2 heterocycles. The van der Waals surface area contributed by atoms with Crippen LogP contribution in [-0.4, -0.2) is 15.0 Å². The minimum absolute atomic E-state index is 0.151. The Balaban J connectivity index is 1.47. The first-order valence-corrected chi connectivity index (χ1v) is 13.1. The molecule has 2 aromatic heterocycles. The molecular weight excluding hydrogens is 526 g/mol. The van der Waals surface area contributed by atoms with Gasteiger partial charge in [0.1, 0.15) is 11.2 Å². The molecule has 0 N–H and O–H groups in total. The normalized spacial score (nSPS) is 16.1. The van der Waals surface area contributed by atoms with E-state index in [4.69, 9.17) is 20.9 Å². The molecule has 4 nitrogen and oxygen atoms in total. The lowest BCUT2D eigenvalue weighted by Gasteiger charge is -2.08. The van der Waals surface area contributed by atoms with Gasteiger partial charge in [-0.1, -0.05) is 133 Å². The summed E-state index contributed by atoms with van der Waals surface area (Å²) in [7, 11) is 0. The van der Waals surface area contributed by atoms with Crippen molar-refractivity contribution in [3.8, 4) is 56.4 Å². The average molecular weight is 567 g/mol. The fourth-order valence-corrected chi connectivity index (χ4v) is 4.59. The number of para-hydroxylation sites is 1. The van der Waals surface area contributed by atoms with Gasteiger partial charge >= 0.3 is 0 Å². The molecular formula is C39H25N3O. The number of furan rings is 1. The number of fused-ring (bicyclic) bond motifs is 3. The summed E-state index contributed by atoms with van der Waals surface area (Å²) in [5.41, 5.74) is -2.18. The van der Waals surface area contributed by atoms with Crippen LogP contribution in [0.3, 0.4) is 0 Å². The smallest absolute Gasteiger partial charge is 0.164 e. The predicted octanol–water partition coefficient (Wildman–Crippen LogP) is 10.1. The van der Waals surface area contributed by atoms with E-state index in [0.29, 0.717) is 11.1 Å². The fraction of sp³-hybridized carbons (Fsp3) is 0. The zero-order valence-corrected chi connectivity index (χ0v) is 22.0. The van der Waals surface area contributed by atoms with Gasteiger partial charge in [0.25, 0.3) is 0 Å². The highest BCUT2D eigenvalue weighted by Crippen LogP contribution is 2.38. The molecule has 0 aliphatic rings. The Kier molecular flexibility index (Phi) is 3.39. The van der Waals surface area contributed by atoms with E-state index in [1.54, 1.807) is 48.5 Å². The van der Waals surface area contributed by atoms with Crippen molar-refractivity contribution < 1.29 is 25.0 Å². The van der Waals surface area contributed by atoms with Gasteiger partial charge in [0, 0.05) is 33.0 Å². The maximum absolute atomic E-state index is 9.37. The van der Waals surface area contributed by atoms with Gasteiger partial charge in [-0.3, -0.25) is 0 Å². The summed E-state index contributed by atoms with van der Waals surface area (Å²) in [5.74, 6) is 0.262. The van der Waals surface area contributed by atoms with Crippen LogP contribution in [0.4, 0.5) is 0 Å². The summed E-state index contributed by atoms with van der Waals surface area (Å²) in [6.07, 6.45) is 0. The fourth-order valence-electron chi connectivity index (χ4n) is 4.59. The molecule has 0 bridgehead atoms. The van der Waals surface area contributed by atoms with Crippen molar-refractivity contribution in [2.45, 2.75) is 0 Å². The molecule has 8 rings (SSSR count). The van der Waals surface area contributed by atoms with Crippen molar-refractivity contribution in [2.75, 3.05) is 0 Å². The molecule has 8 aromatic rings. The molecule has 0 saturated carbocycles. The zero-order chi connectivity index (χ0) is 41.6. The first-order chi connectivity index (χ1) is 27.6. The van der Waals surface area contributed by atoms with Crippen LogP contribution in [0.1, 0.15) is 20.6 Å². The molecule has 0 radical (unpaired) electrons. The van der Waals surface area contributed by atoms with E-state index in [0.717, 1.165) is 0 Å². The number of nitrogens with zero attached hydrogens (tertiary/aromatic N) is 3. The highest BCUT2D eigenvalue weighted by molar-refractivity contribution is 6.10. The number of hydrogen-bond acceptors (Lipinski definition) is 4. The monoisotopic (exact) mass is 566 g/mol. The first kappa shape index (κ1) is 13.9. The van der Waals surface area contributed by atoms with Gasteiger partial charge in [-0.25, -0.2) is 15.0 Å². The molecule has 0 atom stereocenters. The molecule has 0 amide bonds. The molecule has 43 heavy (non-hydrogen) atoms. The summed E-state index contributed by atoms with van der Waals surface area (Å²) in [6.45, 7) is 0. The number of aromatic nitrogens is 3. The van der Waals surface area contributed by atoms with Crippen LogP contribution in [0.2, 0.25) is 0 Å². The molecule has 202 valence electrons. The molecule has 6 aromatic carbocycles. The second kappa shape index (κ2) is 10.5. The predicted molar refractivity (Wildman–Crippen MR) is 174 cm³/mol. The van der Waals surface area contributed by atoms with Crippen molar-refractivity contribution in [2.24, 2.45) is 0 Å². The second-order valence-corrected chi connectivity index (χ2v) is 9.30. The maximum atomic E-state index is 9.37. The Morgan fingerprint density at radius 3 is 1.74 bits per heavy atom. The van der Waals surface area contributed by atoms with Crippen LogP contribution in [0.25, 0.3) is 78.4 Å². The van der Waals surface area contributed by atoms with Gasteiger partial charge < -0.3 is 4.42 Å². The third-order valence-corrected chi connectivity index (χ3v) is 6.61. The molecule has 0 fully saturated rings. The third kappa shape index (κ3) is 4.65. The minimum atomic E-state index is -0.839. The van der Waals surface area contributed by atoms with Crippen molar-refractivity contribution in [1.29, 1.82) is 0 Å². The van der Waals surface area contributed by atoms with Crippen LogP contribution in [0, 0.1) is 0 Å². The van der Waals surface area contributed by atoms with Crippen molar-refractivity contribution in [1.82, 2.24) is 15.0 Å².